The molecule has 3 rings (SSSR count). The minimum Gasteiger partial charge on any atom is -0.323 e. The molecule has 8 heteroatoms. The fourth-order valence-corrected chi connectivity index (χ4v) is 3.65. The number of anilines is 1. The van der Waals surface area contributed by atoms with Gasteiger partial charge in [0.25, 0.3) is 0 Å². The van der Waals surface area contributed by atoms with Crippen LogP contribution < -0.4 is 5.32 Å². The predicted octanol–water partition coefficient (Wildman–Crippen LogP) is 5.17. The Morgan fingerprint density at radius 1 is 1.11 bits per heavy atom. The second kappa shape index (κ2) is 9.08. The molecule has 5 nitrogen and oxygen atoms in total. The lowest BCUT2D eigenvalue weighted by Crippen LogP contribution is -2.15. The largest absolute Gasteiger partial charge is 0.323 e. The van der Waals surface area contributed by atoms with Crippen LogP contribution in [0.5, 0.6) is 0 Å². The zero-order chi connectivity index (χ0) is 19.2. The lowest BCUT2D eigenvalue weighted by Gasteiger charge is -2.10. The van der Waals surface area contributed by atoms with Crippen molar-refractivity contribution in [2.75, 3.05) is 11.1 Å². The molecule has 0 saturated carbocycles. The van der Waals surface area contributed by atoms with Gasteiger partial charge < -0.3 is 5.32 Å². The summed E-state index contributed by atoms with van der Waals surface area (Å²) in [5.74, 6) is 0.642. The Balaban J connectivity index is 1.73. The summed E-state index contributed by atoms with van der Waals surface area (Å²) in [6.07, 6.45) is 1.77. The van der Waals surface area contributed by atoms with Crippen molar-refractivity contribution in [3.63, 3.8) is 0 Å². The summed E-state index contributed by atoms with van der Waals surface area (Å²) in [6, 6.07) is 14.8. The van der Waals surface area contributed by atoms with Crippen molar-refractivity contribution in [2.24, 2.45) is 0 Å². The first kappa shape index (κ1) is 19.5. The van der Waals surface area contributed by atoms with Crippen molar-refractivity contribution < 1.29 is 4.79 Å². The number of carbonyl (C=O) groups excluding carboxylic acids is 1. The predicted molar refractivity (Wildman–Crippen MR) is 111 cm³/mol. The van der Waals surface area contributed by atoms with Crippen LogP contribution >= 0.6 is 35.0 Å². The molecule has 1 aromatic heterocycles. The minimum atomic E-state index is -0.232. The summed E-state index contributed by atoms with van der Waals surface area (Å²) in [7, 11) is 0. The number of para-hydroxylation sites is 1. The maximum atomic E-state index is 12.3. The van der Waals surface area contributed by atoms with E-state index in [2.05, 4.69) is 22.1 Å². The van der Waals surface area contributed by atoms with Crippen LogP contribution in [0.15, 0.2) is 66.3 Å². The molecule has 0 saturated heterocycles. The van der Waals surface area contributed by atoms with Crippen LogP contribution in [-0.4, -0.2) is 26.4 Å². The number of benzene rings is 2. The summed E-state index contributed by atoms with van der Waals surface area (Å²) < 4.78 is 1.92. The Bertz CT molecular complexity index is 939. The number of nitrogens with zero attached hydrogens (tertiary/aromatic N) is 3. The van der Waals surface area contributed by atoms with Crippen molar-refractivity contribution in [1.82, 2.24) is 14.8 Å². The molecule has 0 radical (unpaired) electrons. The van der Waals surface area contributed by atoms with E-state index >= 15 is 0 Å². The molecule has 0 atom stereocenters. The number of nitrogens with one attached hydrogen (secondary N) is 1. The molecule has 1 N–H and O–H groups in total. The van der Waals surface area contributed by atoms with E-state index in [1.807, 2.05) is 34.9 Å². The third-order valence-corrected chi connectivity index (χ3v) is 5.22. The monoisotopic (exact) mass is 418 g/mol. The number of hydrogen-bond donors (Lipinski definition) is 1. The van der Waals surface area contributed by atoms with Gasteiger partial charge in [-0.15, -0.1) is 16.8 Å². The summed E-state index contributed by atoms with van der Waals surface area (Å²) >= 11 is 13.5. The van der Waals surface area contributed by atoms with Crippen LogP contribution in [-0.2, 0) is 11.3 Å². The highest BCUT2D eigenvalue weighted by molar-refractivity contribution is 7.99. The number of hydrogen-bond acceptors (Lipinski definition) is 4. The van der Waals surface area contributed by atoms with Crippen LogP contribution in [0.3, 0.4) is 0 Å². The van der Waals surface area contributed by atoms with Gasteiger partial charge in [0.05, 0.1) is 21.5 Å². The lowest BCUT2D eigenvalue weighted by molar-refractivity contribution is -0.113. The van der Waals surface area contributed by atoms with E-state index in [0.717, 1.165) is 11.4 Å². The second-order valence-corrected chi connectivity index (χ2v) is 7.26. The zero-order valence-corrected chi connectivity index (χ0v) is 16.6. The van der Waals surface area contributed by atoms with Crippen molar-refractivity contribution in [2.45, 2.75) is 11.7 Å². The highest BCUT2D eigenvalue weighted by atomic mass is 35.5. The number of allylic oxidation sites excluding steroid dienone is 1. The highest BCUT2D eigenvalue weighted by Crippen LogP contribution is 2.30. The third kappa shape index (κ3) is 4.71. The number of amides is 1. The molecule has 0 unspecified atom stereocenters. The standard InChI is InChI=1S/C19H16Cl2N4OS/c1-2-11-25-18(13-7-4-3-5-8-13)23-24-19(25)27-12-16(26)22-17-14(20)9-6-10-15(17)21/h2-10H,1,11-12H2,(H,22,26). The van der Waals surface area contributed by atoms with Gasteiger partial charge in [0.15, 0.2) is 11.0 Å². The summed E-state index contributed by atoms with van der Waals surface area (Å²) in [4.78, 5) is 12.3. The fourth-order valence-electron chi connectivity index (χ4n) is 2.41. The van der Waals surface area contributed by atoms with Gasteiger partial charge in [0, 0.05) is 12.1 Å². The number of halogens is 2. The minimum absolute atomic E-state index is 0.144. The Labute approximate surface area is 171 Å². The highest BCUT2D eigenvalue weighted by Gasteiger charge is 2.16. The van der Waals surface area contributed by atoms with Gasteiger partial charge in [-0.05, 0) is 12.1 Å². The SMILES string of the molecule is C=CCn1c(SCC(=O)Nc2c(Cl)cccc2Cl)nnc1-c1ccccc1. The Hall–Kier alpha value is -2.28. The average Bonchev–Trinajstić information content (AvgIpc) is 3.07. The fraction of sp³-hybridized carbons (Fsp3) is 0.105. The van der Waals surface area contributed by atoms with Crippen molar-refractivity contribution in [1.29, 1.82) is 0 Å². The van der Waals surface area contributed by atoms with Gasteiger partial charge in [0.2, 0.25) is 5.91 Å². The van der Waals surface area contributed by atoms with Crippen molar-refractivity contribution in [3.8, 4) is 11.4 Å². The van der Waals surface area contributed by atoms with Gasteiger partial charge >= 0.3 is 0 Å². The van der Waals surface area contributed by atoms with E-state index in [1.54, 1.807) is 24.3 Å². The molecule has 0 aliphatic rings. The molecule has 1 amide bonds. The molecule has 3 aromatic rings. The smallest absolute Gasteiger partial charge is 0.234 e. The summed E-state index contributed by atoms with van der Waals surface area (Å²) in [5, 5.41) is 12.6. The van der Waals surface area contributed by atoms with Crippen LogP contribution in [0.4, 0.5) is 5.69 Å². The van der Waals surface area contributed by atoms with Crippen LogP contribution in [0.2, 0.25) is 10.0 Å². The average molecular weight is 419 g/mol. The van der Waals surface area contributed by atoms with E-state index in [4.69, 9.17) is 23.2 Å². The van der Waals surface area contributed by atoms with E-state index in [-0.39, 0.29) is 11.7 Å². The number of thioether (sulfide) groups is 1. The number of carbonyl (C=O) groups is 1. The van der Waals surface area contributed by atoms with E-state index < -0.39 is 0 Å². The Morgan fingerprint density at radius 2 is 1.81 bits per heavy atom. The maximum absolute atomic E-state index is 12.3. The van der Waals surface area contributed by atoms with Gasteiger partial charge in [0.1, 0.15) is 0 Å². The third-order valence-electron chi connectivity index (χ3n) is 3.62. The first-order valence-corrected chi connectivity index (χ1v) is 9.80. The number of rotatable bonds is 7. The summed E-state index contributed by atoms with van der Waals surface area (Å²) in [5.41, 5.74) is 1.36. The van der Waals surface area contributed by atoms with Crippen LogP contribution in [0.1, 0.15) is 0 Å². The molecular weight excluding hydrogens is 403 g/mol. The first-order chi connectivity index (χ1) is 13.1. The molecule has 1 heterocycles. The van der Waals surface area contributed by atoms with E-state index in [1.165, 1.54) is 11.8 Å². The molecule has 0 bridgehead atoms. The first-order valence-electron chi connectivity index (χ1n) is 8.06. The zero-order valence-electron chi connectivity index (χ0n) is 14.2. The molecule has 0 spiro atoms. The topological polar surface area (TPSA) is 59.8 Å². The van der Waals surface area contributed by atoms with Gasteiger partial charge in [-0.1, -0.05) is 77.4 Å². The second-order valence-electron chi connectivity index (χ2n) is 5.50. The van der Waals surface area contributed by atoms with Gasteiger partial charge in [-0.2, -0.15) is 0 Å². The van der Waals surface area contributed by atoms with E-state index in [9.17, 15) is 4.79 Å². The molecule has 2 aromatic carbocycles. The molecule has 138 valence electrons. The maximum Gasteiger partial charge on any atom is 0.234 e. The van der Waals surface area contributed by atoms with Gasteiger partial charge in [-0.3, -0.25) is 9.36 Å². The van der Waals surface area contributed by atoms with Crippen LogP contribution in [0.25, 0.3) is 11.4 Å². The van der Waals surface area contributed by atoms with Crippen LogP contribution in [0, 0.1) is 0 Å². The molecular formula is C19H16Cl2N4OS. The molecule has 27 heavy (non-hydrogen) atoms. The van der Waals surface area contributed by atoms with Crippen molar-refractivity contribution in [3.05, 3.63) is 71.2 Å². The number of aromatic nitrogens is 3. The Morgan fingerprint density at radius 3 is 2.48 bits per heavy atom. The van der Waals surface area contributed by atoms with E-state index in [0.29, 0.717) is 27.4 Å². The molecule has 0 fully saturated rings. The van der Waals surface area contributed by atoms with Crippen molar-refractivity contribution >= 4 is 46.6 Å². The molecule has 0 aliphatic carbocycles. The van der Waals surface area contributed by atoms with Gasteiger partial charge in [-0.25, -0.2) is 0 Å². The Kier molecular flexibility index (Phi) is 6.55. The normalized spacial score (nSPS) is 10.6. The summed E-state index contributed by atoms with van der Waals surface area (Å²) in [6.45, 7) is 4.33. The lowest BCUT2D eigenvalue weighted by atomic mass is 10.2. The molecule has 0 aliphatic heterocycles. The quantitative estimate of drug-likeness (QED) is 0.424.